The lowest BCUT2D eigenvalue weighted by Crippen LogP contribution is -2.45. The number of para-hydroxylation sites is 1. The molecule has 0 aliphatic carbocycles. The van der Waals surface area contributed by atoms with Crippen molar-refractivity contribution in [2.45, 2.75) is 32.7 Å². The van der Waals surface area contributed by atoms with Crippen molar-refractivity contribution in [3.8, 4) is 0 Å². The summed E-state index contributed by atoms with van der Waals surface area (Å²) >= 11 is 1.68. The minimum Gasteiger partial charge on any atom is -0.348 e. The Kier molecular flexibility index (Phi) is 6.50. The van der Waals surface area contributed by atoms with Gasteiger partial charge in [-0.1, -0.05) is 38.1 Å². The van der Waals surface area contributed by atoms with Gasteiger partial charge in [0.05, 0.1) is 6.04 Å². The zero-order valence-electron chi connectivity index (χ0n) is 15.9. The highest BCUT2D eigenvalue weighted by Crippen LogP contribution is 2.27. The predicted octanol–water partition coefficient (Wildman–Crippen LogP) is 4.51. The second-order valence-corrected chi connectivity index (χ2v) is 8.28. The average molecular weight is 386 g/mol. The van der Waals surface area contributed by atoms with Gasteiger partial charge in [-0.3, -0.25) is 4.79 Å². The molecule has 6 heteroatoms. The molecule has 3 rings (SSSR count). The van der Waals surface area contributed by atoms with Crippen molar-refractivity contribution in [2.75, 3.05) is 18.4 Å². The Morgan fingerprint density at radius 3 is 2.37 bits per heavy atom. The molecule has 5 nitrogen and oxygen atoms in total. The molecule has 144 valence electrons. The molecule has 1 saturated heterocycles. The van der Waals surface area contributed by atoms with Gasteiger partial charge in [0.15, 0.2) is 0 Å². The summed E-state index contributed by atoms with van der Waals surface area (Å²) in [5.41, 5.74) is 0.790. The largest absolute Gasteiger partial charge is 0.348 e. The lowest BCUT2D eigenvalue weighted by molar-refractivity contribution is -0.127. The van der Waals surface area contributed by atoms with Crippen molar-refractivity contribution in [1.82, 2.24) is 10.2 Å². The number of urea groups is 1. The quantitative estimate of drug-likeness (QED) is 0.796. The number of nitrogens with one attached hydrogen (secondary N) is 2. The number of carbonyl (C=O) groups is 2. The topological polar surface area (TPSA) is 61.4 Å². The number of carbonyl (C=O) groups excluding carboxylic acids is 2. The molecule has 0 radical (unpaired) electrons. The molecule has 1 aromatic heterocycles. The van der Waals surface area contributed by atoms with Crippen LogP contribution in [0.25, 0.3) is 0 Å². The molecule has 27 heavy (non-hydrogen) atoms. The van der Waals surface area contributed by atoms with Gasteiger partial charge in [-0.15, -0.1) is 11.3 Å². The highest BCUT2D eigenvalue weighted by atomic mass is 32.1. The van der Waals surface area contributed by atoms with E-state index in [0.717, 1.165) is 5.69 Å². The van der Waals surface area contributed by atoms with Crippen LogP contribution in [0, 0.1) is 11.8 Å². The summed E-state index contributed by atoms with van der Waals surface area (Å²) in [5.74, 6) is 0.404. The standard InChI is InChI=1S/C21H27N3O2S/c1-15(2)19(18-9-6-14-27-18)23-20(25)16-10-12-24(13-11-16)21(26)22-17-7-4-3-5-8-17/h3-9,14-16,19H,10-13H2,1-2H3,(H,22,26)(H,23,25). The van der Waals surface area contributed by atoms with Gasteiger partial charge in [0.1, 0.15) is 0 Å². The lowest BCUT2D eigenvalue weighted by Gasteiger charge is -2.32. The summed E-state index contributed by atoms with van der Waals surface area (Å²) in [6.07, 6.45) is 1.40. The summed E-state index contributed by atoms with van der Waals surface area (Å²) in [6.45, 7) is 5.45. The number of nitrogens with zero attached hydrogens (tertiary/aromatic N) is 1. The summed E-state index contributed by atoms with van der Waals surface area (Å²) in [5, 5.41) is 8.18. The molecule has 1 atom stereocenters. The van der Waals surface area contributed by atoms with E-state index in [-0.39, 0.29) is 23.9 Å². The Balaban J connectivity index is 1.51. The SMILES string of the molecule is CC(C)C(NC(=O)C1CCN(C(=O)Nc2ccccc2)CC1)c1cccs1. The first-order valence-electron chi connectivity index (χ1n) is 9.49. The molecule has 3 amide bonds. The first-order valence-corrected chi connectivity index (χ1v) is 10.4. The minimum absolute atomic E-state index is 0.0352. The van der Waals surface area contributed by atoms with E-state index in [0.29, 0.717) is 31.8 Å². The van der Waals surface area contributed by atoms with E-state index in [1.54, 1.807) is 16.2 Å². The van der Waals surface area contributed by atoms with Crippen LogP contribution in [-0.2, 0) is 4.79 Å². The molecule has 1 aliphatic rings. The van der Waals surface area contributed by atoms with E-state index in [1.165, 1.54) is 4.88 Å². The maximum atomic E-state index is 12.8. The second-order valence-electron chi connectivity index (χ2n) is 7.30. The van der Waals surface area contributed by atoms with Crippen LogP contribution in [0.5, 0.6) is 0 Å². The molecule has 0 bridgehead atoms. The zero-order chi connectivity index (χ0) is 19.2. The Bertz CT molecular complexity index is 738. The Morgan fingerprint density at radius 1 is 1.07 bits per heavy atom. The van der Waals surface area contributed by atoms with Crippen molar-refractivity contribution >= 4 is 29.0 Å². The van der Waals surface area contributed by atoms with Gasteiger partial charge >= 0.3 is 6.03 Å². The van der Waals surface area contributed by atoms with E-state index in [2.05, 4.69) is 30.5 Å². The van der Waals surface area contributed by atoms with Crippen LogP contribution in [0.4, 0.5) is 10.5 Å². The number of thiophene rings is 1. The molecule has 1 aliphatic heterocycles. The Morgan fingerprint density at radius 2 is 1.78 bits per heavy atom. The first-order chi connectivity index (χ1) is 13.0. The number of rotatable bonds is 5. The third kappa shape index (κ3) is 5.10. The Hall–Kier alpha value is -2.34. The molecule has 2 heterocycles. The van der Waals surface area contributed by atoms with E-state index in [9.17, 15) is 9.59 Å². The van der Waals surface area contributed by atoms with Crippen LogP contribution in [-0.4, -0.2) is 29.9 Å². The first kappa shape index (κ1) is 19.4. The molecule has 2 N–H and O–H groups in total. The number of likely N-dealkylation sites (tertiary alicyclic amines) is 1. The van der Waals surface area contributed by atoms with Gasteiger partial charge in [0.25, 0.3) is 0 Å². The van der Waals surface area contributed by atoms with E-state index >= 15 is 0 Å². The van der Waals surface area contributed by atoms with Gasteiger partial charge in [-0.25, -0.2) is 4.79 Å². The number of hydrogen-bond donors (Lipinski definition) is 2. The van der Waals surface area contributed by atoms with Crippen molar-refractivity contribution in [1.29, 1.82) is 0 Å². The van der Waals surface area contributed by atoms with Crippen molar-refractivity contribution < 1.29 is 9.59 Å². The highest BCUT2D eigenvalue weighted by Gasteiger charge is 2.29. The molecule has 1 unspecified atom stereocenters. The fourth-order valence-corrected chi connectivity index (χ4v) is 4.32. The summed E-state index contributed by atoms with van der Waals surface area (Å²) in [7, 11) is 0. The third-order valence-corrected chi connectivity index (χ3v) is 5.95. The monoisotopic (exact) mass is 385 g/mol. The highest BCUT2D eigenvalue weighted by molar-refractivity contribution is 7.10. The van der Waals surface area contributed by atoms with E-state index in [4.69, 9.17) is 0 Å². The fraction of sp³-hybridized carbons (Fsp3) is 0.429. The van der Waals surface area contributed by atoms with Crippen LogP contribution in [0.2, 0.25) is 0 Å². The van der Waals surface area contributed by atoms with Gasteiger partial charge < -0.3 is 15.5 Å². The fourth-order valence-electron chi connectivity index (χ4n) is 3.37. The number of amides is 3. The van der Waals surface area contributed by atoms with Gasteiger partial charge in [0.2, 0.25) is 5.91 Å². The van der Waals surface area contributed by atoms with Crippen LogP contribution < -0.4 is 10.6 Å². The Labute approximate surface area is 164 Å². The van der Waals surface area contributed by atoms with Crippen LogP contribution >= 0.6 is 11.3 Å². The molecule has 0 saturated carbocycles. The second kappa shape index (κ2) is 9.04. The lowest BCUT2D eigenvalue weighted by atomic mass is 9.94. The van der Waals surface area contributed by atoms with Gasteiger partial charge in [0, 0.05) is 29.6 Å². The molecule has 1 fully saturated rings. The minimum atomic E-state index is -0.0984. The van der Waals surface area contributed by atoms with E-state index in [1.807, 2.05) is 41.8 Å². The van der Waals surface area contributed by atoms with Crippen molar-refractivity contribution in [3.63, 3.8) is 0 Å². The van der Waals surface area contributed by atoms with Crippen LogP contribution in [0.3, 0.4) is 0 Å². The van der Waals surface area contributed by atoms with E-state index < -0.39 is 0 Å². The molecule has 1 aromatic carbocycles. The van der Waals surface area contributed by atoms with Gasteiger partial charge in [-0.05, 0) is 42.3 Å². The van der Waals surface area contributed by atoms with Crippen LogP contribution in [0.1, 0.15) is 37.6 Å². The smallest absolute Gasteiger partial charge is 0.321 e. The maximum absolute atomic E-state index is 12.8. The molecule has 2 aromatic rings. The zero-order valence-corrected chi connectivity index (χ0v) is 16.7. The number of hydrogen-bond acceptors (Lipinski definition) is 3. The third-order valence-electron chi connectivity index (χ3n) is 4.99. The number of piperidine rings is 1. The van der Waals surface area contributed by atoms with Crippen molar-refractivity contribution in [2.24, 2.45) is 11.8 Å². The summed E-state index contributed by atoms with van der Waals surface area (Å²) in [4.78, 5) is 28.1. The normalized spacial score (nSPS) is 16.2. The van der Waals surface area contributed by atoms with Crippen LogP contribution in [0.15, 0.2) is 47.8 Å². The summed E-state index contributed by atoms with van der Waals surface area (Å²) in [6, 6.07) is 13.5. The van der Waals surface area contributed by atoms with Crippen molar-refractivity contribution in [3.05, 3.63) is 52.7 Å². The molecular weight excluding hydrogens is 358 g/mol. The van der Waals surface area contributed by atoms with Gasteiger partial charge in [-0.2, -0.15) is 0 Å². The average Bonchev–Trinajstić information content (AvgIpc) is 3.21. The number of anilines is 1. The molecule has 0 spiro atoms. The predicted molar refractivity (Wildman–Crippen MR) is 110 cm³/mol. The molecular formula is C21H27N3O2S. The summed E-state index contributed by atoms with van der Waals surface area (Å²) < 4.78 is 0. The number of benzene rings is 1. The maximum Gasteiger partial charge on any atom is 0.321 e.